The van der Waals surface area contributed by atoms with Gasteiger partial charge in [-0.3, -0.25) is 15.6 Å². The third kappa shape index (κ3) is 3.97. The van der Waals surface area contributed by atoms with Gasteiger partial charge in [0.2, 0.25) is 5.91 Å². The van der Waals surface area contributed by atoms with Crippen molar-refractivity contribution in [3.05, 3.63) is 65.4 Å². The Morgan fingerprint density at radius 1 is 1.04 bits per heavy atom. The van der Waals surface area contributed by atoms with E-state index in [-0.39, 0.29) is 12.3 Å². The summed E-state index contributed by atoms with van der Waals surface area (Å²) >= 11 is 5.22. The monoisotopic (exact) mass is 352 g/mol. The number of anilines is 1. The van der Waals surface area contributed by atoms with Crippen molar-refractivity contribution in [3.8, 4) is 0 Å². The lowest BCUT2D eigenvalue weighted by Gasteiger charge is -2.13. The number of aromatic nitrogens is 1. The molecule has 0 aliphatic carbocycles. The number of hydrogen-bond acceptors (Lipinski definition) is 2. The molecular weight excluding hydrogens is 332 g/mol. The second kappa shape index (κ2) is 7.36. The van der Waals surface area contributed by atoms with E-state index in [1.54, 1.807) is 0 Å². The highest BCUT2D eigenvalue weighted by atomic mass is 32.1. The van der Waals surface area contributed by atoms with Gasteiger partial charge in [-0.1, -0.05) is 36.4 Å². The van der Waals surface area contributed by atoms with Gasteiger partial charge in [0.1, 0.15) is 0 Å². The molecule has 128 valence electrons. The van der Waals surface area contributed by atoms with Crippen LogP contribution in [0, 0.1) is 13.8 Å². The zero-order valence-corrected chi connectivity index (χ0v) is 15.0. The summed E-state index contributed by atoms with van der Waals surface area (Å²) in [6.07, 6.45) is 0.274. The Kier molecular flexibility index (Phi) is 5.00. The SMILES string of the molecule is Cc1ccccc1NC(=S)NNC(=O)Cc1c(C)[nH]c2ccccc12. The van der Waals surface area contributed by atoms with E-state index in [0.717, 1.165) is 33.4 Å². The highest BCUT2D eigenvalue weighted by molar-refractivity contribution is 7.80. The molecule has 4 N–H and O–H groups in total. The van der Waals surface area contributed by atoms with Crippen molar-refractivity contribution in [1.29, 1.82) is 0 Å². The first kappa shape index (κ1) is 17.0. The fourth-order valence-electron chi connectivity index (χ4n) is 2.76. The number of fused-ring (bicyclic) bond motifs is 1. The number of hydrazine groups is 1. The van der Waals surface area contributed by atoms with E-state index in [1.165, 1.54) is 0 Å². The van der Waals surface area contributed by atoms with Crippen molar-refractivity contribution < 1.29 is 4.79 Å². The quantitative estimate of drug-likeness (QED) is 0.431. The van der Waals surface area contributed by atoms with E-state index in [4.69, 9.17) is 12.2 Å². The molecule has 6 heteroatoms. The van der Waals surface area contributed by atoms with Gasteiger partial charge in [0.15, 0.2) is 5.11 Å². The molecule has 0 radical (unpaired) electrons. The standard InChI is InChI=1S/C19H20N4OS/c1-12-7-3-5-9-16(12)21-19(25)23-22-18(24)11-15-13(2)20-17-10-6-4-8-14(15)17/h3-10,20H,11H2,1-2H3,(H,22,24)(H2,21,23,25). The molecule has 0 aliphatic heterocycles. The number of thiocarbonyl (C=S) groups is 1. The van der Waals surface area contributed by atoms with Gasteiger partial charge >= 0.3 is 0 Å². The maximum absolute atomic E-state index is 12.3. The van der Waals surface area contributed by atoms with Crippen LogP contribution in [0.1, 0.15) is 16.8 Å². The topological polar surface area (TPSA) is 68.9 Å². The van der Waals surface area contributed by atoms with Crippen molar-refractivity contribution >= 4 is 39.8 Å². The fourth-order valence-corrected chi connectivity index (χ4v) is 2.92. The Hall–Kier alpha value is -2.86. The van der Waals surface area contributed by atoms with Gasteiger partial charge in [0.25, 0.3) is 0 Å². The van der Waals surface area contributed by atoms with Crippen LogP contribution in [0.15, 0.2) is 48.5 Å². The van der Waals surface area contributed by atoms with Gasteiger partial charge in [-0.15, -0.1) is 0 Å². The van der Waals surface area contributed by atoms with Gasteiger partial charge in [0.05, 0.1) is 6.42 Å². The highest BCUT2D eigenvalue weighted by Crippen LogP contribution is 2.22. The summed E-state index contributed by atoms with van der Waals surface area (Å²) in [5.41, 5.74) is 10.4. The predicted octanol–water partition coefficient (Wildman–Crippen LogP) is 3.35. The lowest BCUT2D eigenvalue weighted by molar-refractivity contribution is -0.120. The second-order valence-corrected chi connectivity index (χ2v) is 6.30. The molecule has 0 saturated carbocycles. The maximum atomic E-state index is 12.3. The van der Waals surface area contributed by atoms with Crippen molar-refractivity contribution in [3.63, 3.8) is 0 Å². The highest BCUT2D eigenvalue weighted by Gasteiger charge is 2.12. The van der Waals surface area contributed by atoms with Crippen LogP contribution in [-0.4, -0.2) is 16.0 Å². The van der Waals surface area contributed by atoms with E-state index >= 15 is 0 Å². The largest absolute Gasteiger partial charge is 0.358 e. The van der Waals surface area contributed by atoms with Gasteiger partial charge in [0, 0.05) is 22.3 Å². The Bertz CT molecular complexity index is 932. The van der Waals surface area contributed by atoms with E-state index in [2.05, 4.69) is 21.2 Å². The Balaban J connectivity index is 1.58. The second-order valence-electron chi connectivity index (χ2n) is 5.89. The van der Waals surface area contributed by atoms with E-state index < -0.39 is 0 Å². The van der Waals surface area contributed by atoms with Crippen LogP contribution in [0.3, 0.4) is 0 Å². The summed E-state index contributed by atoms with van der Waals surface area (Å²) in [5, 5.41) is 4.48. The summed E-state index contributed by atoms with van der Waals surface area (Å²) in [4.78, 5) is 15.6. The van der Waals surface area contributed by atoms with Gasteiger partial charge in [-0.2, -0.15) is 0 Å². The average Bonchev–Trinajstić information content (AvgIpc) is 2.91. The Morgan fingerprint density at radius 2 is 1.76 bits per heavy atom. The van der Waals surface area contributed by atoms with Crippen molar-refractivity contribution in [1.82, 2.24) is 15.8 Å². The molecule has 25 heavy (non-hydrogen) atoms. The maximum Gasteiger partial charge on any atom is 0.242 e. The van der Waals surface area contributed by atoms with Crippen molar-refractivity contribution in [2.75, 3.05) is 5.32 Å². The molecule has 1 amide bonds. The molecule has 3 rings (SSSR count). The van der Waals surface area contributed by atoms with Crippen LogP contribution in [0.4, 0.5) is 5.69 Å². The number of carbonyl (C=O) groups is 1. The van der Waals surface area contributed by atoms with Crippen LogP contribution in [0.2, 0.25) is 0 Å². The molecule has 5 nitrogen and oxygen atoms in total. The fraction of sp³-hybridized carbons (Fsp3) is 0.158. The molecule has 0 spiro atoms. The minimum absolute atomic E-state index is 0.151. The first-order valence-electron chi connectivity index (χ1n) is 8.02. The molecular formula is C19H20N4OS. The molecule has 0 aliphatic rings. The zero-order valence-electron chi connectivity index (χ0n) is 14.1. The number of hydrogen-bond donors (Lipinski definition) is 4. The normalized spacial score (nSPS) is 10.5. The Morgan fingerprint density at radius 3 is 2.56 bits per heavy atom. The summed E-state index contributed by atoms with van der Waals surface area (Å²) < 4.78 is 0. The number of benzene rings is 2. The van der Waals surface area contributed by atoms with Gasteiger partial charge in [-0.25, -0.2) is 0 Å². The number of para-hydroxylation sites is 2. The van der Waals surface area contributed by atoms with Gasteiger partial charge in [-0.05, 0) is 49.3 Å². The number of carbonyl (C=O) groups excluding carboxylic acids is 1. The summed E-state index contributed by atoms with van der Waals surface area (Å²) in [5.74, 6) is -0.151. The number of aromatic amines is 1. The number of rotatable bonds is 3. The molecule has 0 atom stereocenters. The summed E-state index contributed by atoms with van der Waals surface area (Å²) in [7, 11) is 0. The first-order chi connectivity index (χ1) is 12.0. The number of nitrogens with one attached hydrogen (secondary N) is 4. The van der Waals surface area contributed by atoms with Crippen LogP contribution in [0.25, 0.3) is 10.9 Å². The van der Waals surface area contributed by atoms with Crippen LogP contribution >= 0.6 is 12.2 Å². The van der Waals surface area contributed by atoms with E-state index in [1.807, 2.05) is 62.4 Å². The predicted molar refractivity (Wildman–Crippen MR) is 105 cm³/mol. The third-order valence-corrected chi connectivity index (χ3v) is 4.28. The minimum atomic E-state index is -0.151. The van der Waals surface area contributed by atoms with Crippen LogP contribution in [-0.2, 0) is 11.2 Å². The lowest BCUT2D eigenvalue weighted by atomic mass is 10.1. The van der Waals surface area contributed by atoms with Crippen molar-refractivity contribution in [2.24, 2.45) is 0 Å². The summed E-state index contributed by atoms with van der Waals surface area (Å²) in [6.45, 7) is 3.96. The molecule has 1 heterocycles. The summed E-state index contributed by atoms with van der Waals surface area (Å²) in [6, 6.07) is 15.8. The number of aryl methyl sites for hydroxylation is 2. The molecule has 3 aromatic rings. The van der Waals surface area contributed by atoms with Crippen LogP contribution in [0.5, 0.6) is 0 Å². The molecule has 0 unspecified atom stereocenters. The van der Waals surface area contributed by atoms with E-state index in [0.29, 0.717) is 5.11 Å². The first-order valence-corrected chi connectivity index (χ1v) is 8.43. The van der Waals surface area contributed by atoms with Crippen LogP contribution < -0.4 is 16.2 Å². The zero-order chi connectivity index (χ0) is 17.8. The van der Waals surface area contributed by atoms with Gasteiger partial charge < -0.3 is 10.3 Å². The third-order valence-electron chi connectivity index (χ3n) is 4.07. The van der Waals surface area contributed by atoms with Crippen molar-refractivity contribution in [2.45, 2.75) is 20.3 Å². The molecule has 0 saturated heterocycles. The number of H-pyrrole nitrogens is 1. The lowest BCUT2D eigenvalue weighted by Crippen LogP contribution is -2.44. The number of amides is 1. The minimum Gasteiger partial charge on any atom is -0.358 e. The molecule has 2 aromatic carbocycles. The molecule has 1 aromatic heterocycles. The smallest absolute Gasteiger partial charge is 0.242 e. The van der Waals surface area contributed by atoms with E-state index in [9.17, 15) is 4.79 Å². The molecule has 0 fully saturated rings. The molecule has 0 bridgehead atoms. The Labute approximate surface area is 151 Å². The average molecular weight is 352 g/mol.